The summed E-state index contributed by atoms with van der Waals surface area (Å²) in [4.78, 5) is 50.0. The molecule has 2 atom stereocenters. The molecule has 10 nitrogen and oxygen atoms in total. The van der Waals surface area contributed by atoms with Gasteiger partial charge in [0.15, 0.2) is 0 Å². The van der Waals surface area contributed by atoms with Gasteiger partial charge in [-0.1, -0.05) is 48.5 Å². The van der Waals surface area contributed by atoms with Crippen molar-refractivity contribution in [1.82, 2.24) is 15.5 Å². The zero-order valence-corrected chi connectivity index (χ0v) is 19.8. The Kier molecular flexibility index (Phi) is 8.43. The van der Waals surface area contributed by atoms with Gasteiger partial charge in [-0.15, -0.1) is 0 Å². The molecule has 0 aliphatic heterocycles. The third kappa shape index (κ3) is 6.36. The van der Waals surface area contributed by atoms with Crippen molar-refractivity contribution in [1.29, 1.82) is 0 Å². The van der Waals surface area contributed by atoms with Gasteiger partial charge < -0.3 is 30.1 Å². The van der Waals surface area contributed by atoms with E-state index in [4.69, 9.17) is 4.74 Å². The molecule has 0 spiro atoms. The molecule has 0 heterocycles. The minimum Gasteiger partial charge on any atom is -0.480 e. The average Bonchev–Trinajstić information content (AvgIpc) is 3.15. The predicted octanol–water partition coefficient (Wildman–Crippen LogP) is 1.59. The van der Waals surface area contributed by atoms with Crippen LogP contribution in [0.4, 0.5) is 4.79 Å². The van der Waals surface area contributed by atoms with Crippen LogP contribution in [0.15, 0.2) is 48.5 Å². The number of amides is 2. The molecule has 2 amide bonds. The van der Waals surface area contributed by atoms with E-state index in [1.807, 2.05) is 48.5 Å². The number of methoxy groups -OCH3 is 1. The lowest BCUT2D eigenvalue weighted by atomic mass is 9.98. The molecule has 10 heteroatoms. The first-order valence-corrected chi connectivity index (χ1v) is 11.1. The standard InChI is InChI=1S/C25H29N3O7/c1-28(2)13-21(23(30)26-20(24(31)32)12-22(29)34-3)27-25(33)35-14-19-17-10-6-4-8-15(17)16-9-5-7-11-18(16)19/h4-11,19-21H,12-14H2,1-3H3,(H,26,30)(H,27,33)(H,31,32)/t20-,21-/m0/s1. The second-order valence-electron chi connectivity index (χ2n) is 8.46. The summed E-state index contributed by atoms with van der Waals surface area (Å²) < 4.78 is 9.98. The second kappa shape index (κ2) is 11.5. The third-order valence-electron chi connectivity index (χ3n) is 5.71. The molecule has 0 fully saturated rings. The number of rotatable bonds is 10. The van der Waals surface area contributed by atoms with Crippen LogP contribution in [0.25, 0.3) is 11.1 Å². The molecule has 0 radical (unpaired) electrons. The summed E-state index contributed by atoms with van der Waals surface area (Å²) >= 11 is 0. The molecule has 186 valence electrons. The summed E-state index contributed by atoms with van der Waals surface area (Å²) in [5.74, 6) is -3.09. The molecule has 0 unspecified atom stereocenters. The molecule has 0 saturated carbocycles. The van der Waals surface area contributed by atoms with E-state index in [2.05, 4.69) is 15.4 Å². The number of carboxylic acids is 1. The molecule has 35 heavy (non-hydrogen) atoms. The summed E-state index contributed by atoms with van der Waals surface area (Å²) in [6.07, 6.45) is -1.36. The van der Waals surface area contributed by atoms with Crippen molar-refractivity contribution in [3.63, 3.8) is 0 Å². The van der Waals surface area contributed by atoms with Crippen molar-refractivity contribution >= 4 is 23.9 Å². The number of likely N-dealkylation sites (N-methyl/N-ethyl adjacent to an activating group) is 1. The number of fused-ring (bicyclic) bond motifs is 3. The van der Waals surface area contributed by atoms with Gasteiger partial charge in [-0.05, 0) is 36.3 Å². The fraction of sp³-hybridized carbons (Fsp3) is 0.360. The topological polar surface area (TPSA) is 134 Å². The Hall–Kier alpha value is -3.92. The number of aliphatic carboxylic acids is 1. The SMILES string of the molecule is COC(=O)C[C@H](NC(=O)[C@H](CN(C)C)NC(=O)OCC1c2ccccc2-c2ccccc21)C(=O)O. The average molecular weight is 484 g/mol. The molecule has 3 rings (SSSR count). The predicted molar refractivity (Wildman–Crippen MR) is 127 cm³/mol. The lowest BCUT2D eigenvalue weighted by Gasteiger charge is -2.24. The van der Waals surface area contributed by atoms with Crippen LogP contribution in [-0.2, 0) is 23.9 Å². The van der Waals surface area contributed by atoms with Gasteiger partial charge in [0.25, 0.3) is 0 Å². The number of hydrogen-bond donors (Lipinski definition) is 3. The van der Waals surface area contributed by atoms with Crippen molar-refractivity contribution in [3.8, 4) is 11.1 Å². The number of carbonyl (C=O) groups is 4. The Morgan fingerprint density at radius 1 is 0.943 bits per heavy atom. The molecular formula is C25H29N3O7. The molecule has 1 aliphatic carbocycles. The molecule has 0 bridgehead atoms. The van der Waals surface area contributed by atoms with Crippen LogP contribution in [0, 0.1) is 0 Å². The van der Waals surface area contributed by atoms with Crippen LogP contribution < -0.4 is 10.6 Å². The minimum absolute atomic E-state index is 0.0657. The molecule has 2 aromatic rings. The van der Waals surface area contributed by atoms with E-state index in [1.54, 1.807) is 19.0 Å². The number of benzene rings is 2. The van der Waals surface area contributed by atoms with Gasteiger partial charge in [0, 0.05) is 12.5 Å². The van der Waals surface area contributed by atoms with Gasteiger partial charge in [0.05, 0.1) is 13.5 Å². The lowest BCUT2D eigenvalue weighted by molar-refractivity contribution is -0.149. The summed E-state index contributed by atoms with van der Waals surface area (Å²) in [5.41, 5.74) is 4.28. The fourth-order valence-corrected chi connectivity index (χ4v) is 4.06. The second-order valence-corrected chi connectivity index (χ2v) is 8.46. The fourth-order valence-electron chi connectivity index (χ4n) is 4.06. The highest BCUT2D eigenvalue weighted by atomic mass is 16.5. The number of carbonyl (C=O) groups excluding carboxylic acids is 3. The molecule has 1 aliphatic rings. The maximum Gasteiger partial charge on any atom is 0.407 e. The number of nitrogens with zero attached hydrogens (tertiary/aromatic N) is 1. The number of carboxylic acid groups (broad SMARTS) is 1. The lowest BCUT2D eigenvalue weighted by Crippen LogP contribution is -2.55. The summed E-state index contributed by atoms with van der Waals surface area (Å²) in [7, 11) is 4.52. The van der Waals surface area contributed by atoms with Crippen molar-refractivity contribution in [2.75, 3.05) is 34.4 Å². The summed E-state index contributed by atoms with van der Waals surface area (Å²) in [6.45, 7) is 0.150. The van der Waals surface area contributed by atoms with Gasteiger partial charge in [0.2, 0.25) is 5.91 Å². The first-order valence-electron chi connectivity index (χ1n) is 11.1. The Balaban J connectivity index is 1.66. The van der Waals surface area contributed by atoms with E-state index in [-0.39, 0.29) is 19.1 Å². The quantitative estimate of drug-likeness (QED) is 0.434. The first kappa shape index (κ1) is 25.7. The maximum absolute atomic E-state index is 12.8. The van der Waals surface area contributed by atoms with Crippen LogP contribution in [0.5, 0.6) is 0 Å². The highest BCUT2D eigenvalue weighted by molar-refractivity contribution is 5.91. The van der Waals surface area contributed by atoms with E-state index >= 15 is 0 Å². The first-order chi connectivity index (χ1) is 16.7. The van der Waals surface area contributed by atoms with Gasteiger partial charge in [-0.2, -0.15) is 0 Å². The number of alkyl carbamates (subject to hydrolysis) is 1. The Morgan fingerprint density at radius 2 is 1.51 bits per heavy atom. The maximum atomic E-state index is 12.8. The van der Waals surface area contributed by atoms with Crippen LogP contribution in [0.1, 0.15) is 23.5 Å². The number of nitrogens with one attached hydrogen (secondary N) is 2. The van der Waals surface area contributed by atoms with Crippen LogP contribution >= 0.6 is 0 Å². The van der Waals surface area contributed by atoms with E-state index in [9.17, 15) is 24.3 Å². The zero-order valence-electron chi connectivity index (χ0n) is 19.8. The van der Waals surface area contributed by atoms with E-state index in [1.165, 1.54) is 0 Å². The monoisotopic (exact) mass is 483 g/mol. The highest BCUT2D eigenvalue weighted by Crippen LogP contribution is 2.44. The van der Waals surface area contributed by atoms with Crippen molar-refractivity contribution in [2.24, 2.45) is 0 Å². The smallest absolute Gasteiger partial charge is 0.407 e. The van der Waals surface area contributed by atoms with Crippen molar-refractivity contribution in [2.45, 2.75) is 24.4 Å². The van der Waals surface area contributed by atoms with E-state index < -0.39 is 42.4 Å². The molecule has 0 aromatic heterocycles. The molecule has 2 aromatic carbocycles. The van der Waals surface area contributed by atoms with Crippen molar-refractivity contribution in [3.05, 3.63) is 59.7 Å². The van der Waals surface area contributed by atoms with E-state index in [0.717, 1.165) is 29.4 Å². The zero-order chi connectivity index (χ0) is 25.5. The van der Waals surface area contributed by atoms with Gasteiger partial charge in [0.1, 0.15) is 18.7 Å². The summed E-state index contributed by atoms with van der Waals surface area (Å²) in [5, 5.41) is 14.1. The number of esters is 1. The Morgan fingerprint density at radius 3 is 2.03 bits per heavy atom. The van der Waals surface area contributed by atoms with Gasteiger partial charge >= 0.3 is 18.0 Å². The molecular weight excluding hydrogens is 454 g/mol. The van der Waals surface area contributed by atoms with Crippen LogP contribution in [0.2, 0.25) is 0 Å². The van der Waals surface area contributed by atoms with Crippen LogP contribution in [-0.4, -0.2) is 80.4 Å². The van der Waals surface area contributed by atoms with E-state index in [0.29, 0.717) is 0 Å². The Bertz CT molecular complexity index is 1060. The largest absolute Gasteiger partial charge is 0.480 e. The minimum atomic E-state index is -1.50. The molecule has 3 N–H and O–H groups in total. The van der Waals surface area contributed by atoms with Gasteiger partial charge in [-0.25, -0.2) is 9.59 Å². The number of hydrogen-bond acceptors (Lipinski definition) is 7. The third-order valence-corrected chi connectivity index (χ3v) is 5.71. The van der Waals surface area contributed by atoms with Gasteiger partial charge in [-0.3, -0.25) is 9.59 Å². The number of ether oxygens (including phenoxy) is 2. The Labute approximate surface area is 203 Å². The normalized spacial score (nSPS) is 13.8. The van der Waals surface area contributed by atoms with Crippen molar-refractivity contribution < 1.29 is 33.8 Å². The highest BCUT2D eigenvalue weighted by Gasteiger charge is 2.31. The van der Waals surface area contributed by atoms with Crippen LogP contribution in [0.3, 0.4) is 0 Å². The summed E-state index contributed by atoms with van der Waals surface area (Å²) in [6, 6.07) is 13.2. The molecule has 0 saturated heterocycles.